The van der Waals surface area contributed by atoms with Gasteiger partial charge in [0.2, 0.25) is 10.0 Å². The number of amides is 1. The zero-order chi connectivity index (χ0) is 16.8. The second kappa shape index (κ2) is 5.32. The van der Waals surface area contributed by atoms with Crippen molar-refractivity contribution < 1.29 is 18.1 Å². The number of benzene rings is 2. The van der Waals surface area contributed by atoms with Crippen molar-refractivity contribution in [3.63, 3.8) is 0 Å². The number of nitro groups is 1. The number of hydrogen-bond acceptors (Lipinski definition) is 5. The zero-order valence-electron chi connectivity index (χ0n) is 11.5. The predicted molar refractivity (Wildman–Crippen MR) is 84.0 cm³/mol. The molecule has 1 aliphatic heterocycles. The molecule has 9 heteroatoms. The molecule has 2 aromatic rings. The first kappa shape index (κ1) is 15.4. The predicted octanol–water partition coefficient (Wildman–Crippen LogP) is 2.74. The maximum absolute atomic E-state index is 12.5. The van der Waals surface area contributed by atoms with Gasteiger partial charge in [0.25, 0.3) is 11.6 Å². The standard InChI is InChI=1S/C14H9ClN2O5S/c15-11-3-1-9(2-4-11)14(18)16-13-6-5-12(17(19)20)7-10(13)8-23(16,21)22/h1-7H,8H2. The van der Waals surface area contributed by atoms with Crippen LogP contribution in [0.3, 0.4) is 0 Å². The molecule has 7 nitrogen and oxygen atoms in total. The number of fused-ring (bicyclic) bond motifs is 1. The summed E-state index contributed by atoms with van der Waals surface area (Å²) in [4.78, 5) is 22.7. The molecule has 0 spiro atoms. The van der Waals surface area contributed by atoms with E-state index in [-0.39, 0.29) is 22.5 Å². The summed E-state index contributed by atoms with van der Waals surface area (Å²) in [5.74, 6) is -1.18. The van der Waals surface area contributed by atoms with Crippen molar-refractivity contribution in [1.82, 2.24) is 0 Å². The second-order valence-corrected chi connectivity index (χ2v) is 7.16. The molecule has 0 fully saturated rings. The highest BCUT2D eigenvalue weighted by molar-refractivity contribution is 7.93. The molecule has 3 rings (SSSR count). The minimum Gasteiger partial charge on any atom is -0.268 e. The van der Waals surface area contributed by atoms with Gasteiger partial charge in [0.05, 0.1) is 16.4 Å². The van der Waals surface area contributed by atoms with E-state index in [9.17, 15) is 23.3 Å². The van der Waals surface area contributed by atoms with Crippen LogP contribution in [0.2, 0.25) is 5.02 Å². The SMILES string of the molecule is O=C(c1ccc(Cl)cc1)N1c2ccc([N+](=O)[O-])cc2CS1(=O)=O. The van der Waals surface area contributed by atoms with Gasteiger partial charge in [-0.05, 0) is 30.3 Å². The molecule has 0 N–H and O–H groups in total. The van der Waals surface area contributed by atoms with E-state index < -0.39 is 26.6 Å². The molecule has 0 radical (unpaired) electrons. The number of hydrogen-bond donors (Lipinski definition) is 0. The summed E-state index contributed by atoms with van der Waals surface area (Å²) < 4.78 is 25.3. The first-order chi connectivity index (χ1) is 10.8. The minimum atomic E-state index is -3.92. The van der Waals surface area contributed by atoms with Crippen molar-refractivity contribution in [3.05, 3.63) is 68.7 Å². The van der Waals surface area contributed by atoms with Gasteiger partial charge < -0.3 is 0 Å². The van der Waals surface area contributed by atoms with Crippen molar-refractivity contribution in [2.75, 3.05) is 4.31 Å². The van der Waals surface area contributed by atoms with Crippen molar-refractivity contribution in [1.29, 1.82) is 0 Å². The molecule has 1 aliphatic rings. The summed E-state index contributed by atoms with van der Waals surface area (Å²) >= 11 is 5.75. The van der Waals surface area contributed by atoms with Gasteiger partial charge in [0.15, 0.2) is 0 Å². The van der Waals surface area contributed by atoms with E-state index in [0.717, 1.165) is 0 Å². The van der Waals surface area contributed by atoms with Crippen molar-refractivity contribution in [2.24, 2.45) is 0 Å². The Morgan fingerprint density at radius 2 is 1.83 bits per heavy atom. The third kappa shape index (κ3) is 2.66. The lowest BCUT2D eigenvalue weighted by molar-refractivity contribution is -0.384. The van der Waals surface area contributed by atoms with E-state index in [2.05, 4.69) is 0 Å². The van der Waals surface area contributed by atoms with E-state index in [0.29, 0.717) is 9.33 Å². The summed E-state index contributed by atoms with van der Waals surface area (Å²) in [6.45, 7) is 0. The zero-order valence-corrected chi connectivity index (χ0v) is 13.0. The molecule has 0 aliphatic carbocycles. The first-order valence-corrected chi connectivity index (χ1v) is 8.38. The summed E-state index contributed by atoms with van der Waals surface area (Å²) in [5.41, 5.74) is 0.293. The van der Waals surface area contributed by atoms with Crippen LogP contribution < -0.4 is 4.31 Å². The van der Waals surface area contributed by atoms with E-state index in [4.69, 9.17) is 11.6 Å². The van der Waals surface area contributed by atoms with E-state index >= 15 is 0 Å². The molecule has 1 heterocycles. The Labute approximate surface area is 136 Å². The van der Waals surface area contributed by atoms with Crippen molar-refractivity contribution in [2.45, 2.75) is 5.75 Å². The van der Waals surface area contributed by atoms with Crippen LogP contribution >= 0.6 is 11.6 Å². The average Bonchev–Trinajstić information content (AvgIpc) is 2.75. The lowest BCUT2D eigenvalue weighted by atomic mass is 10.1. The fraction of sp³-hybridized carbons (Fsp3) is 0.0714. The highest BCUT2D eigenvalue weighted by Gasteiger charge is 2.39. The number of rotatable bonds is 2. The van der Waals surface area contributed by atoms with E-state index in [1.165, 1.54) is 42.5 Å². The molecule has 0 saturated heterocycles. The summed E-state index contributed by atoms with van der Waals surface area (Å²) in [5, 5.41) is 11.2. The molecule has 1 amide bonds. The molecule has 0 saturated carbocycles. The molecule has 0 aromatic heterocycles. The number of carbonyl (C=O) groups excluding carboxylic acids is 1. The topological polar surface area (TPSA) is 97.6 Å². The fourth-order valence-corrected chi connectivity index (χ4v) is 4.07. The molecule has 0 bridgehead atoms. The van der Waals surface area contributed by atoms with E-state index in [1.54, 1.807) is 0 Å². The Balaban J connectivity index is 2.08. The third-order valence-corrected chi connectivity index (χ3v) is 5.23. The largest absolute Gasteiger partial charge is 0.272 e. The normalized spacial score (nSPS) is 15.3. The number of carbonyl (C=O) groups is 1. The second-order valence-electron chi connectivity index (χ2n) is 4.90. The number of nitrogens with zero attached hydrogens (tertiary/aromatic N) is 2. The average molecular weight is 353 g/mol. The Bertz CT molecular complexity index is 925. The molecule has 23 heavy (non-hydrogen) atoms. The highest BCUT2D eigenvalue weighted by atomic mass is 35.5. The van der Waals surface area contributed by atoms with Gasteiger partial charge in [-0.15, -0.1) is 0 Å². The van der Waals surface area contributed by atoms with Crippen LogP contribution in [-0.4, -0.2) is 19.2 Å². The van der Waals surface area contributed by atoms with Crippen LogP contribution in [0, 0.1) is 10.1 Å². The first-order valence-electron chi connectivity index (χ1n) is 6.40. The maximum atomic E-state index is 12.5. The molecule has 2 aromatic carbocycles. The molecule has 118 valence electrons. The Morgan fingerprint density at radius 1 is 1.17 bits per heavy atom. The smallest absolute Gasteiger partial charge is 0.268 e. The Hall–Kier alpha value is -2.45. The number of anilines is 1. The molecular formula is C14H9ClN2O5S. The lowest BCUT2D eigenvalue weighted by Crippen LogP contribution is -2.33. The van der Waals surface area contributed by atoms with Crippen LogP contribution in [0.5, 0.6) is 0 Å². The lowest BCUT2D eigenvalue weighted by Gasteiger charge is -2.16. The Morgan fingerprint density at radius 3 is 2.43 bits per heavy atom. The van der Waals surface area contributed by atoms with Crippen LogP contribution in [0.4, 0.5) is 11.4 Å². The van der Waals surface area contributed by atoms with Crippen LogP contribution in [0.1, 0.15) is 15.9 Å². The molecule has 0 atom stereocenters. The summed E-state index contributed by atoms with van der Waals surface area (Å²) in [7, 11) is -3.92. The van der Waals surface area contributed by atoms with Crippen molar-refractivity contribution >= 4 is 38.9 Å². The highest BCUT2D eigenvalue weighted by Crippen LogP contribution is 2.37. The van der Waals surface area contributed by atoms with Crippen LogP contribution in [-0.2, 0) is 15.8 Å². The number of sulfonamides is 1. The van der Waals surface area contributed by atoms with Gasteiger partial charge in [-0.25, -0.2) is 12.7 Å². The minimum absolute atomic E-state index is 0.135. The number of non-ortho nitro benzene ring substituents is 1. The quantitative estimate of drug-likeness (QED) is 0.611. The number of nitro benzene ring substituents is 1. The third-order valence-electron chi connectivity index (χ3n) is 3.38. The van der Waals surface area contributed by atoms with Gasteiger partial charge in [0, 0.05) is 28.3 Å². The summed E-state index contributed by atoms with van der Waals surface area (Å²) in [6.07, 6.45) is 0. The Kier molecular flexibility index (Phi) is 3.57. The van der Waals surface area contributed by atoms with Gasteiger partial charge in [0.1, 0.15) is 0 Å². The van der Waals surface area contributed by atoms with Crippen LogP contribution in [0.15, 0.2) is 42.5 Å². The molecular weight excluding hydrogens is 344 g/mol. The maximum Gasteiger partial charge on any atom is 0.272 e. The van der Waals surface area contributed by atoms with Crippen LogP contribution in [0.25, 0.3) is 0 Å². The molecule has 0 unspecified atom stereocenters. The van der Waals surface area contributed by atoms with Gasteiger partial charge in [-0.3, -0.25) is 14.9 Å². The van der Waals surface area contributed by atoms with Gasteiger partial charge >= 0.3 is 0 Å². The fourth-order valence-electron chi connectivity index (χ4n) is 2.36. The van der Waals surface area contributed by atoms with E-state index in [1.807, 2.05) is 0 Å². The van der Waals surface area contributed by atoms with Gasteiger partial charge in [-0.2, -0.15) is 0 Å². The monoisotopic (exact) mass is 352 g/mol. The van der Waals surface area contributed by atoms with Gasteiger partial charge in [-0.1, -0.05) is 11.6 Å². The van der Waals surface area contributed by atoms with Crippen molar-refractivity contribution in [3.8, 4) is 0 Å². The number of halogens is 1. The summed E-state index contributed by atoms with van der Waals surface area (Å²) in [6, 6.07) is 9.41.